The number of fused-ring (bicyclic) bond motifs is 1. The van der Waals surface area contributed by atoms with Gasteiger partial charge in [0.1, 0.15) is 5.75 Å². The number of nitrogens with one attached hydrogen (secondary N) is 1. The zero-order valence-electron chi connectivity index (χ0n) is 13.8. The Kier molecular flexibility index (Phi) is 4.69. The van der Waals surface area contributed by atoms with E-state index in [-0.39, 0.29) is 23.3 Å². The lowest BCUT2D eigenvalue weighted by Crippen LogP contribution is -2.31. The highest BCUT2D eigenvalue weighted by atomic mass is 19.1. The Bertz CT molecular complexity index is 760. The van der Waals surface area contributed by atoms with Crippen molar-refractivity contribution >= 4 is 5.91 Å². The fraction of sp³-hybridized carbons (Fsp3) is 0.316. The molecule has 1 aliphatic carbocycles. The molecular weight excluding hydrogens is 309 g/mol. The molecule has 2 aromatic rings. The second-order valence-corrected chi connectivity index (χ2v) is 5.83. The summed E-state index contributed by atoms with van der Waals surface area (Å²) < 4.78 is 23.9. The molecule has 0 spiro atoms. The van der Waals surface area contributed by atoms with Gasteiger partial charge in [0.15, 0.2) is 11.6 Å². The number of hydrogen-bond acceptors (Lipinski definition) is 3. The number of rotatable bonds is 4. The monoisotopic (exact) mass is 329 g/mol. The third-order valence-electron chi connectivity index (χ3n) is 4.38. The number of methoxy groups -OCH3 is 2. The molecular formula is C19H20FNO3. The van der Waals surface area contributed by atoms with Crippen LogP contribution in [0.4, 0.5) is 4.39 Å². The number of benzene rings is 2. The van der Waals surface area contributed by atoms with Crippen LogP contribution in [0.3, 0.4) is 0 Å². The van der Waals surface area contributed by atoms with E-state index in [2.05, 4.69) is 5.32 Å². The molecule has 0 bridgehead atoms. The molecule has 0 aromatic heterocycles. The average molecular weight is 329 g/mol. The van der Waals surface area contributed by atoms with E-state index in [1.165, 1.54) is 24.8 Å². The molecule has 0 fully saturated rings. The molecule has 1 amide bonds. The number of aryl methyl sites for hydroxylation is 1. The minimum Gasteiger partial charge on any atom is -0.497 e. The Labute approximate surface area is 140 Å². The Morgan fingerprint density at radius 2 is 2.00 bits per heavy atom. The molecule has 0 unspecified atom stereocenters. The summed E-state index contributed by atoms with van der Waals surface area (Å²) in [6.45, 7) is 0. The van der Waals surface area contributed by atoms with Crippen molar-refractivity contribution in [3.63, 3.8) is 0 Å². The van der Waals surface area contributed by atoms with Gasteiger partial charge in [0.25, 0.3) is 5.91 Å². The van der Waals surface area contributed by atoms with Crippen LogP contribution in [-0.4, -0.2) is 20.1 Å². The van der Waals surface area contributed by atoms with Crippen LogP contribution in [0.15, 0.2) is 36.4 Å². The third kappa shape index (κ3) is 3.20. The molecule has 4 nitrogen and oxygen atoms in total. The van der Waals surface area contributed by atoms with Gasteiger partial charge < -0.3 is 14.8 Å². The standard InChI is InChI=1S/C19H20FNO3/c1-23-14-7-8-15-12(10-14)4-3-5-17(15)21-19(22)13-6-9-18(24-2)16(20)11-13/h6-11,17H,3-5H2,1-2H3,(H,21,22)/t17-/m1/s1. The second-order valence-electron chi connectivity index (χ2n) is 5.83. The van der Waals surface area contributed by atoms with Crippen molar-refractivity contribution in [3.05, 3.63) is 58.9 Å². The fourth-order valence-electron chi connectivity index (χ4n) is 3.12. The van der Waals surface area contributed by atoms with Crippen LogP contribution in [0.25, 0.3) is 0 Å². The lowest BCUT2D eigenvalue weighted by Gasteiger charge is -2.27. The van der Waals surface area contributed by atoms with Crippen LogP contribution in [0.5, 0.6) is 11.5 Å². The van der Waals surface area contributed by atoms with E-state index in [1.807, 2.05) is 18.2 Å². The fourth-order valence-corrected chi connectivity index (χ4v) is 3.12. The Morgan fingerprint density at radius 1 is 1.17 bits per heavy atom. The molecule has 0 aliphatic heterocycles. The number of hydrogen-bond donors (Lipinski definition) is 1. The van der Waals surface area contributed by atoms with Gasteiger partial charge in [0.2, 0.25) is 0 Å². The first-order valence-corrected chi connectivity index (χ1v) is 7.93. The molecule has 0 radical (unpaired) electrons. The van der Waals surface area contributed by atoms with Crippen LogP contribution in [0.2, 0.25) is 0 Å². The van der Waals surface area contributed by atoms with Crippen molar-refractivity contribution in [1.29, 1.82) is 0 Å². The third-order valence-corrected chi connectivity index (χ3v) is 4.38. The van der Waals surface area contributed by atoms with Crippen molar-refractivity contribution < 1.29 is 18.7 Å². The van der Waals surface area contributed by atoms with Crippen molar-refractivity contribution in [1.82, 2.24) is 5.32 Å². The quantitative estimate of drug-likeness (QED) is 0.931. The average Bonchev–Trinajstić information content (AvgIpc) is 2.61. The summed E-state index contributed by atoms with van der Waals surface area (Å²) in [4.78, 5) is 12.5. The molecule has 1 atom stereocenters. The van der Waals surface area contributed by atoms with Crippen LogP contribution in [0.1, 0.15) is 40.4 Å². The molecule has 0 saturated carbocycles. The normalized spacial score (nSPS) is 16.2. The van der Waals surface area contributed by atoms with Gasteiger partial charge in [-0.15, -0.1) is 0 Å². The lowest BCUT2D eigenvalue weighted by atomic mass is 9.87. The van der Waals surface area contributed by atoms with Crippen LogP contribution in [0, 0.1) is 5.82 Å². The van der Waals surface area contributed by atoms with Gasteiger partial charge in [-0.1, -0.05) is 6.07 Å². The Morgan fingerprint density at radius 3 is 2.71 bits per heavy atom. The first kappa shape index (κ1) is 16.3. The van der Waals surface area contributed by atoms with Crippen LogP contribution in [-0.2, 0) is 6.42 Å². The highest BCUT2D eigenvalue weighted by Crippen LogP contribution is 2.32. The molecule has 126 valence electrons. The number of amides is 1. The van der Waals surface area contributed by atoms with Gasteiger partial charge in [0, 0.05) is 5.56 Å². The highest BCUT2D eigenvalue weighted by molar-refractivity contribution is 5.94. The largest absolute Gasteiger partial charge is 0.497 e. The summed E-state index contributed by atoms with van der Waals surface area (Å²) >= 11 is 0. The number of carbonyl (C=O) groups is 1. The maximum atomic E-state index is 13.8. The van der Waals surface area contributed by atoms with Crippen LogP contribution < -0.4 is 14.8 Å². The predicted octanol–water partition coefficient (Wildman–Crippen LogP) is 3.65. The van der Waals surface area contributed by atoms with Gasteiger partial charge in [-0.2, -0.15) is 0 Å². The zero-order chi connectivity index (χ0) is 17.1. The minimum absolute atomic E-state index is 0.0719. The van der Waals surface area contributed by atoms with E-state index in [1.54, 1.807) is 13.2 Å². The molecule has 3 rings (SSSR count). The van der Waals surface area contributed by atoms with E-state index in [9.17, 15) is 9.18 Å². The molecule has 1 N–H and O–H groups in total. The molecule has 1 aliphatic rings. The molecule has 0 heterocycles. The van der Waals surface area contributed by atoms with E-state index >= 15 is 0 Å². The van der Waals surface area contributed by atoms with E-state index < -0.39 is 5.82 Å². The molecule has 2 aromatic carbocycles. The summed E-state index contributed by atoms with van der Waals surface area (Å²) in [6, 6.07) is 10.1. The minimum atomic E-state index is -0.543. The Hall–Kier alpha value is -2.56. The summed E-state index contributed by atoms with van der Waals surface area (Å²) in [5, 5.41) is 3.01. The highest BCUT2D eigenvalue weighted by Gasteiger charge is 2.23. The van der Waals surface area contributed by atoms with Gasteiger partial charge >= 0.3 is 0 Å². The maximum absolute atomic E-state index is 13.8. The summed E-state index contributed by atoms with van der Waals surface area (Å²) in [6.07, 6.45) is 2.82. The number of carbonyl (C=O) groups excluding carboxylic acids is 1. The van der Waals surface area contributed by atoms with E-state index in [4.69, 9.17) is 9.47 Å². The molecule has 24 heavy (non-hydrogen) atoms. The first-order valence-electron chi connectivity index (χ1n) is 7.93. The van der Waals surface area contributed by atoms with Gasteiger partial charge in [-0.3, -0.25) is 4.79 Å². The Balaban J connectivity index is 1.80. The molecule has 0 saturated heterocycles. The summed E-state index contributed by atoms with van der Waals surface area (Å²) in [7, 11) is 3.04. The van der Waals surface area contributed by atoms with Crippen LogP contribution >= 0.6 is 0 Å². The van der Waals surface area contributed by atoms with Gasteiger partial charge in [-0.25, -0.2) is 4.39 Å². The topological polar surface area (TPSA) is 47.6 Å². The maximum Gasteiger partial charge on any atom is 0.251 e. The van der Waals surface area contributed by atoms with E-state index in [0.717, 1.165) is 30.6 Å². The van der Waals surface area contributed by atoms with E-state index in [0.29, 0.717) is 0 Å². The number of ether oxygens (including phenoxy) is 2. The van der Waals surface area contributed by atoms with Gasteiger partial charge in [-0.05, 0) is 60.7 Å². The first-order chi connectivity index (χ1) is 11.6. The van der Waals surface area contributed by atoms with Crippen molar-refractivity contribution in [3.8, 4) is 11.5 Å². The van der Waals surface area contributed by atoms with Crippen molar-refractivity contribution in [2.24, 2.45) is 0 Å². The van der Waals surface area contributed by atoms with Crippen molar-refractivity contribution in [2.75, 3.05) is 14.2 Å². The zero-order valence-corrected chi connectivity index (χ0v) is 13.8. The lowest BCUT2D eigenvalue weighted by molar-refractivity contribution is 0.0932. The van der Waals surface area contributed by atoms with Gasteiger partial charge in [0.05, 0.1) is 20.3 Å². The summed E-state index contributed by atoms with van der Waals surface area (Å²) in [5.74, 6) is 0.115. The smallest absolute Gasteiger partial charge is 0.251 e. The van der Waals surface area contributed by atoms with Crippen molar-refractivity contribution in [2.45, 2.75) is 25.3 Å². The number of halogens is 1. The second kappa shape index (κ2) is 6.91. The molecule has 5 heteroatoms. The summed E-state index contributed by atoms with van der Waals surface area (Å²) in [5.41, 5.74) is 2.57. The SMILES string of the molecule is COc1ccc2c(c1)CCC[C@H]2NC(=O)c1ccc(OC)c(F)c1. The predicted molar refractivity (Wildman–Crippen MR) is 89.1 cm³/mol.